The number of carbonyl (C=O) groups excluding carboxylic acids is 1. The zero-order valence-electron chi connectivity index (χ0n) is 15.4. The molecule has 8 nitrogen and oxygen atoms in total. The molecule has 1 unspecified atom stereocenters. The van der Waals surface area contributed by atoms with Gasteiger partial charge in [-0.15, -0.1) is 0 Å². The Balaban J connectivity index is 1.63. The van der Waals surface area contributed by atoms with Crippen LogP contribution in [0.2, 0.25) is 0 Å². The lowest BCUT2D eigenvalue weighted by atomic mass is 10.1. The second-order valence-corrected chi connectivity index (χ2v) is 6.93. The maximum absolute atomic E-state index is 12.3. The van der Waals surface area contributed by atoms with Gasteiger partial charge in [-0.1, -0.05) is 13.2 Å². The van der Waals surface area contributed by atoms with E-state index in [2.05, 4.69) is 43.8 Å². The molecular formula is C19H23N7O. The quantitative estimate of drug-likeness (QED) is 0.784. The third-order valence-electron chi connectivity index (χ3n) is 5.00. The van der Waals surface area contributed by atoms with Crippen LogP contribution in [0.5, 0.6) is 0 Å². The zero-order valence-corrected chi connectivity index (χ0v) is 15.4. The van der Waals surface area contributed by atoms with Crippen LogP contribution >= 0.6 is 0 Å². The Morgan fingerprint density at radius 3 is 3.04 bits per heavy atom. The van der Waals surface area contributed by atoms with E-state index in [-0.39, 0.29) is 11.9 Å². The smallest absolute Gasteiger partial charge is 0.255 e. The number of nitrogens with zero attached hydrogens (tertiary/aromatic N) is 5. The summed E-state index contributed by atoms with van der Waals surface area (Å²) in [6, 6.07) is 0.209. The molecule has 2 N–H and O–H groups in total. The van der Waals surface area contributed by atoms with Gasteiger partial charge in [0.2, 0.25) is 5.95 Å². The minimum absolute atomic E-state index is 0.137. The van der Waals surface area contributed by atoms with Crippen molar-refractivity contribution in [1.29, 1.82) is 0 Å². The van der Waals surface area contributed by atoms with Crippen LogP contribution in [-0.2, 0) is 13.6 Å². The molecule has 1 saturated heterocycles. The monoisotopic (exact) mass is 365 g/mol. The third-order valence-corrected chi connectivity index (χ3v) is 5.00. The average molecular weight is 365 g/mol. The molecule has 0 aromatic carbocycles. The van der Waals surface area contributed by atoms with E-state index in [0.29, 0.717) is 23.8 Å². The summed E-state index contributed by atoms with van der Waals surface area (Å²) < 4.78 is 1.70. The molecule has 2 aromatic heterocycles. The van der Waals surface area contributed by atoms with Gasteiger partial charge in [-0.2, -0.15) is 5.10 Å². The Morgan fingerprint density at radius 2 is 2.30 bits per heavy atom. The summed E-state index contributed by atoms with van der Waals surface area (Å²) in [4.78, 5) is 23.7. The molecule has 2 aromatic rings. The Labute approximate surface area is 158 Å². The number of aryl methyl sites for hydroxylation is 1. The number of rotatable bonds is 5. The Hall–Kier alpha value is -3.16. The van der Waals surface area contributed by atoms with Crippen molar-refractivity contribution < 1.29 is 4.79 Å². The van der Waals surface area contributed by atoms with Crippen molar-refractivity contribution in [3.63, 3.8) is 0 Å². The lowest BCUT2D eigenvalue weighted by Gasteiger charge is -2.35. The van der Waals surface area contributed by atoms with Gasteiger partial charge in [0, 0.05) is 43.6 Å². The Bertz CT molecular complexity index is 917. The molecule has 0 saturated carbocycles. The molecule has 0 radical (unpaired) electrons. The summed E-state index contributed by atoms with van der Waals surface area (Å²) in [5.74, 6) is 0.404. The van der Waals surface area contributed by atoms with Crippen LogP contribution in [0.3, 0.4) is 0 Å². The summed E-state index contributed by atoms with van der Waals surface area (Å²) in [6.07, 6.45) is 7.45. The van der Waals surface area contributed by atoms with Crippen LogP contribution in [0.1, 0.15) is 28.9 Å². The van der Waals surface area contributed by atoms with Gasteiger partial charge in [0.1, 0.15) is 0 Å². The molecule has 2 aliphatic heterocycles. The molecule has 1 atom stereocenters. The average Bonchev–Trinajstić information content (AvgIpc) is 3.27. The van der Waals surface area contributed by atoms with E-state index in [4.69, 9.17) is 0 Å². The van der Waals surface area contributed by atoms with Gasteiger partial charge in [0.05, 0.1) is 29.7 Å². The van der Waals surface area contributed by atoms with E-state index >= 15 is 0 Å². The third kappa shape index (κ3) is 3.30. The van der Waals surface area contributed by atoms with Crippen molar-refractivity contribution >= 4 is 11.9 Å². The number of piperidine rings is 1. The topological polar surface area (TPSA) is 88.0 Å². The standard InChI is InChI=1S/C19H23N7O/c1-4-12(2)26-7-5-6-14(11-26)22-19-23-15-9-20-18(27)16(15)17(24-19)13-8-21-25(3)10-13/h4,8,10,14H,1-2,5-7,9,11H2,3H3,(H,20,27)(H,22,23,24). The number of hydrogen-bond donors (Lipinski definition) is 2. The Morgan fingerprint density at radius 1 is 1.44 bits per heavy atom. The summed E-state index contributed by atoms with van der Waals surface area (Å²) in [7, 11) is 1.84. The van der Waals surface area contributed by atoms with Gasteiger partial charge < -0.3 is 15.5 Å². The fourth-order valence-electron chi connectivity index (χ4n) is 3.61. The van der Waals surface area contributed by atoms with Crippen molar-refractivity contribution in [2.45, 2.75) is 25.4 Å². The van der Waals surface area contributed by atoms with E-state index < -0.39 is 0 Å². The van der Waals surface area contributed by atoms with Gasteiger partial charge in [0.25, 0.3) is 5.91 Å². The van der Waals surface area contributed by atoms with Crippen molar-refractivity contribution in [1.82, 2.24) is 30.0 Å². The number of allylic oxidation sites excluding steroid dienone is 1. The van der Waals surface area contributed by atoms with Gasteiger partial charge in [-0.25, -0.2) is 9.97 Å². The van der Waals surface area contributed by atoms with Crippen molar-refractivity contribution in [2.75, 3.05) is 18.4 Å². The van der Waals surface area contributed by atoms with Gasteiger partial charge >= 0.3 is 0 Å². The lowest BCUT2D eigenvalue weighted by Crippen LogP contribution is -2.41. The van der Waals surface area contributed by atoms with E-state index in [0.717, 1.165) is 42.9 Å². The van der Waals surface area contributed by atoms with Crippen molar-refractivity contribution in [3.05, 3.63) is 48.6 Å². The first-order chi connectivity index (χ1) is 13.0. The van der Waals surface area contributed by atoms with E-state index in [1.165, 1.54) is 0 Å². The van der Waals surface area contributed by atoms with Crippen LogP contribution in [0.25, 0.3) is 11.3 Å². The van der Waals surface area contributed by atoms with Crippen LogP contribution in [0, 0.1) is 0 Å². The molecule has 27 heavy (non-hydrogen) atoms. The first kappa shape index (κ1) is 17.3. The number of aromatic nitrogens is 4. The van der Waals surface area contributed by atoms with Crippen LogP contribution in [0.15, 0.2) is 37.3 Å². The predicted molar refractivity (Wildman–Crippen MR) is 103 cm³/mol. The van der Waals surface area contributed by atoms with E-state index in [9.17, 15) is 4.79 Å². The fourth-order valence-corrected chi connectivity index (χ4v) is 3.61. The highest BCUT2D eigenvalue weighted by Crippen LogP contribution is 2.28. The second-order valence-electron chi connectivity index (χ2n) is 6.93. The minimum Gasteiger partial charge on any atom is -0.370 e. The number of anilines is 1. The van der Waals surface area contributed by atoms with E-state index in [1.54, 1.807) is 17.0 Å². The maximum atomic E-state index is 12.3. The molecule has 4 heterocycles. The predicted octanol–water partition coefficient (Wildman–Crippen LogP) is 1.70. The molecule has 8 heteroatoms. The maximum Gasteiger partial charge on any atom is 0.255 e. The van der Waals surface area contributed by atoms with Gasteiger partial charge in [0.15, 0.2) is 0 Å². The van der Waals surface area contributed by atoms with Gasteiger partial charge in [-0.05, 0) is 18.9 Å². The second kappa shape index (κ2) is 6.86. The molecule has 2 aliphatic rings. The molecule has 4 rings (SSSR count). The number of fused-ring (bicyclic) bond motifs is 1. The largest absolute Gasteiger partial charge is 0.370 e. The SMILES string of the molecule is C=CC(=C)N1CCCC(Nc2nc3c(c(-c4cnn(C)c4)n2)C(=O)NC3)C1. The van der Waals surface area contributed by atoms with Crippen LogP contribution in [0.4, 0.5) is 5.95 Å². The molecule has 0 spiro atoms. The molecule has 1 fully saturated rings. The normalized spacial score (nSPS) is 18.8. The van der Waals surface area contributed by atoms with Gasteiger partial charge in [-0.3, -0.25) is 9.48 Å². The minimum atomic E-state index is -0.137. The zero-order chi connectivity index (χ0) is 19.0. The summed E-state index contributed by atoms with van der Waals surface area (Å²) >= 11 is 0. The number of amides is 1. The molecule has 0 aliphatic carbocycles. The highest BCUT2D eigenvalue weighted by molar-refractivity contribution is 6.03. The van der Waals surface area contributed by atoms with Crippen LogP contribution < -0.4 is 10.6 Å². The molecular weight excluding hydrogens is 342 g/mol. The number of carbonyl (C=O) groups is 1. The van der Waals surface area contributed by atoms with Crippen molar-refractivity contribution in [2.24, 2.45) is 7.05 Å². The van der Waals surface area contributed by atoms with Crippen molar-refractivity contribution in [3.8, 4) is 11.3 Å². The number of hydrogen-bond acceptors (Lipinski definition) is 6. The van der Waals surface area contributed by atoms with Crippen LogP contribution in [-0.4, -0.2) is 49.7 Å². The number of nitrogens with one attached hydrogen (secondary N) is 2. The molecule has 0 bridgehead atoms. The first-order valence-corrected chi connectivity index (χ1v) is 9.06. The van der Waals surface area contributed by atoms with E-state index in [1.807, 2.05) is 13.2 Å². The summed E-state index contributed by atoms with van der Waals surface area (Å²) in [6.45, 7) is 10.1. The fraction of sp³-hybridized carbons (Fsp3) is 0.368. The first-order valence-electron chi connectivity index (χ1n) is 9.06. The summed E-state index contributed by atoms with van der Waals surface area (Å²) in [5.41, 5.74) is 3.62. The number of likely N-dealkylation sites (tertiary alicyclic amines) is 1. The lowest BCUT2D eigenvalue weighted by molar-refractivity contribution is 0.0966. The highest BCUT2D eigenvalue weighted by atomic mass is 16.1. The highest BCUT2D eigenvalue weighted by Gasteiger charge is 2.28. The Kier molecular flexibility index (Phi) is 4.39. The summed E-state index contributed by atoms with van der Waals surface area (Å²) in [5, 5.41) is 10.5. The molecule has 1 amide bonds. The molecule has 140 valence electrons.